The monoisotopic (exact) mass is 264 g/mol. The van der Waals surface area contributed by atoms with Crippen LogP contribution in [0.2, 0.25) is 5.02 Å². The first kappa shape index (κ1) is 18.0. The van der Waals surface area contributed by atoms with Crippen molar-refractivity contribution in [3.05, 3.63) is 28.3 Å². The van der Waals surface area contributed by atoms with Gasteiger partial charge in [0, 0.05) is 10.9 Å². The number of halogens is 2. The maximum atomic E-state index is 9.28. The van der Waals surface area contributed by atoms with Gasteiger partial charge < -0.3 is 5.11 Å². The smallest absolute Gasteiger partial charge is 0.119 e. The number of hydrogen-bond donors (Lipinski definition) is 1. The number of phenols is 1. The molecule has 1 nitrogen and oxygen atoms in total. The van der Waals surface area contributed by atoms with Crippen LogP contribution in [0.3, 0.4) is 0 Å². The van der Waals surface area contributed by atoms with E-state index >= 15 is 0 Å². The molecular formula is C13H22Cl2O. The minimum atomic E-state index is 0.235. The van der Waals surface area contributed by atoms with Crippen molar-refractivity contribution in [1.29, 1.82) is 0 Å². The van der Waals surface area contributed by atoms with Gasteiger partial charge in [-0.15, -0.1) is 11.6 Å². The molecule has 0 radical (unpaired) electrons. The number of aryl methyl sites for hydroxylation is 2. The topological polar surface area (TPSA) is 20.2 Å². The highest BCUT2D eigenvalue weighted by Crippen LogP contribution is 2.26. The first-order chi connectivity index (χ1) is 7.65. The third kappa shape index (κ3) is 6.24. The third-order valence-corrected chi connectivity index (χ3v) is 2.27. The van der Waals surface area contributed by atoms with Gasteiger partial charge in [0.25, 0.3) is 0 Å². The van der Waals surface area contributed by atoms with Gasteiger partial charge in [-0.05, 0) is 30.5 Å². The molecule has 0 spiro atoms. The number of aromatic hydroxyl groups is 1. The molecule has 0 saturated heterocycles. The Morgan fingerprint density at radius 3 is 2.06 bits per heavy atom. The summed E-state index contributed by atoms with van der Waals surface area (Å²) in [6.07, 6.45) is 0.738. The third-order valence-electron chi connectivity index (χ3n) is 1.73. The molecule has 0 atom stereocenters. The van der Waals surface area contributed by atoms with Crippen LogP contribution in [0.15, 0.2) is 12.1 Å². The summed E-state index contributed by atoms with van der Waals surface area (Å²) in [5, 5.41) is 9.86. The molecule has 1 N–H and O–H groups in total. The Morgan fingerprint density at radius 1 is 1.12 bits per heavy atom. The molecule has 0 aromatic heterocycles. The first-order valence-corrected chi connectivity index (χ1v) is 6.60. The summed E-state index contributed by atoms with van der Waals surface area (Å²) in [6.45, 7) is 9.84. The van der Waals surface area contributed by atoms with Crippen molar-refractivity contribution in [3.63, 3.8) is 0 Å². The molecule has 16 heavy (non-hydrogen) atoms. The van der Waals surface area contributed by atoms with Crippen molar-refractivity contribution >= 4 is 23.2 Å². The molecule has 0 aliphatic carbocycles. The maximum absolute atomic E-state index is 9.28. The molecule has 0 fully saturated rings. The zero-order chi connectivity index (χ0) is 13.1. The van der Waals surface area contributed by atoms with Gasteiger partial charge in [-0.3, -0.25) is 0 Å². The average molecular weight is 265 g/mol. The number of rotatable bonds is 2. The number of alkyl halides is 1. The molecule has 0 bridgehead atoms. The van der Waals surface area contributed by atoms with E-state index in [1.807, 2.05) is 40.7 Å². The molecule has 94 valence electrons. The summed E-state index contributed by atoms with van der Waals surface area (Å²) in [6, 6.07) is 3.42. The Balaban J connectivity index is 0. The van der Waals surface area contributed by atoms with Gasteiger partial charge in [0.1, 0.15) is 5.75 Å². The standard InChI is InChI=1S/C9H10Cl2O.2C2H6/c1-6-4-7(2-3-10)8(11)5-9(6)12;2*1-2/h4-5,12H,2-3H2,1H3;2*1-2H3. The Bertz CT molecular complexity index is 286. The van der Waals surface area contributed by atoms with Crippen LogP contribution in [0, 0.1) is 6.92 Å². The minimum absolute atomic E-state index is 0.235. The van der Waals surface area contributed by atoms with Crippen LogP contribution in [-0.4, -0.2) is 11.0 Å². The minimum Gasteiger partial charge on any atom is -0.508 e. The van der Waals surface area contributed by atoms with E-state index in [0.29, 0.717) is 10.9 Å². The molecular weight excluding hydrogens is 243 g/mol. The lowest BCUT2D eigenvalue weighted by Gasteiger charge is -2.05. The molecule has 1 aromatic rings. The number of hydrogen-bond acceptors (Lipinski definition) is 1. The quantitative estimate of drug-likeness (QED) is 0.730. The summed E-state index contributed by atoms with van der Waals surface area (Å²) in [4.78, 5) is 0. The Hall–Kier alpha value is -0.400. The normalized spacial score (nSPS) is 8.44. The molecule has 0 unspecified atom stereocenters. The second-order valence-electron chi connectivity index (χ2n) is 2.67. The lowest BCUT2D eigenvalue weighted by molar-refractivity contribution is 0.471. The van der Waals surface area contributed by atoms with Crippen molar-refractivity contribution in [2.24, 2.45) is 0 Å². The van der Waals surface area contributed by atoms with E-state index in [1.165, 1.54) is 0 Å². The van der Waals surface area contributed by atoms with Crippen molar-refractivity contribution in [3.8, 4) is 5.75 Å². The van der Waals surface area contributed by atoms with Gasteiger partial charge in [0.15, 0.2) is 0 Å². The predicted octanol–water partition coefficient (Wildman–Crippen LogP) is 5.19. The van der Waals surface area contributed by atoms with E-state index in [0.717, 1.165) is 17.5 Å². The molecule has 0 aliphatic rings. The molecule has 0 saturated carbocycles. The van der Waals surface area contributed by atoms with E-state index in [4.69, 9.17) is 23.2 Å². The van der Waals surface area contributed by atoms with Crippen LogP contribution < -0.4 is 0 Å². The van der Waals surface area contributed by atoms with E-state index < -0.39 is 0 Å². The first-order valence-electron chi connectivity index (χ1n) is 5.69. The second kappa shape index (κ2) is 11.1. The zero-order valence-corrected chi connectivity index (χ0v) is 12.3. The van der Waals surface area contributed by atoms with Crippen LogP contribution in [0.25, 0.3) is 0 Å². The molecule has 1 aromatic carbocycles. The lowest BCUT2D eigenvalue weighted by Crippen LogP contribution is -1.89. The van der Waals surface area contributed by atoms with Crippen molar-refractivity contribution < 1.29 is 5.11 Å². The molecule has 1 rings (SSSR count). The highest BCUT2D eigenvalue weighted by Gasteiger charge is 2.03. The van der Waals surface area contributed by atoms with Crippen LogP contribution in [0.5, 0.6) is 5.75 Å². The largest absolute Gasteiger partial charge is 0.508 e. The van der Waals surface area contributed by atoms with E-state index in [9.17, 15) is 5.11 Å². The SMILES string of the molecule is CC.CC.Cc1cc(CCCl)c(Cl)cc1O. The van der Waals surface area contributed by atoms with Crippen molar-refractivity contribution in [2.75, 3.05) is 5.88 Å². The van der Waals surface area contributed by atoms with Crippen LogP contribution in [-0.2, 0) is 6.42 Å². The summed E-state index contributed by atoms with van der Waals surface area (Å²) in [5.41, 5.74) is 1.82. The van der Waals surface area contributed by atoms with E-state index in [2.05, 4.69) is 0 Å². The molecule has 3 heteroatoms. The van der Waals surface area contributed by atoms with Gasteiger partial charge >= 0.3 is 0 Å². The van der Waals surface area contributed by atoms with Crippen LogP contribution >= 0.6 is 23.2 Å². The fourth-order valence-electron chi connectivity index (χ4n) is 1.02. The fraction of sp³-hybridized carbons (Fsp3) is 0.538. The van der Waals surface area contributed by atoms with Gasteiger partial charge in [-0.1, -0.05) is 45.4 Å². The summed E-state index contributed by atoms with van der Waals surface area (Å²) < 4.78 is 0. The fourth-order valence-corrected chi connectivity index (χ4v) is 1.48. The summed E-state index contributed by atoms with van der Waals surface area (Å²) in [5.74, 6) is 0.780. The Labute approximate surface area is 109 Å². The molecule has 0 aliphatic heterocycles. The second-order valence-corrected chi connectivity index (χ2v) is 3.45. The van der Waals surface area contributed by atoms with Gasteiger partial charge in [-0.2, -0.15) is 0 Å². The highest BCUT2D eigenvalue weighted by molar-refractivity contribution is 6.31. The van der Waals surface area contributed by atoms with Crippen LogP contribution in [0.1, 0.15) is 38.8 Å². The van der Waals surface area contributed by atoms with Crippen molar-refractivity contribution in [1.82, 2.24) is 0 Å². The Morgan fingerprint density at radius 2 is 1.62 bits per heavy atom. The van der Waals surface area contributed by atoms with Gasteiger partial charge in [-0.25, -0.2) is 0 Å². The molecule has 0 amide bonds. The van der Waals surface area contributed by atoms with E-state index in [-0.39, 0.29) is 5.75 Å². The average Bonchev–Trinajstić information content (AvgIpc) is 2.31. The lowest BCUT2D eigenvalue weighted by atomic mass is 10.1. The van der Waals surface area contributed by atoms with E-state index in [1.54, 1.807) is 6.07 Å². The zero-order valence-electron chi connectivity index (χ0n) is 10.8. The Kier molecular flexibility index (Phi) is 12.5. The summed E-state index contributed by atoms with van der Waals surface area (Å²) in [7, 11) is 0. The van der Waals surface area contributed by atoms with Gasteiger partial charge in [0.2, 0.25) is 0 Å². The van der Waals surface area contributed by atoms with Crippen LogP contribution in [0.4, 0.5) is 0 Å². The molecule has 0 heterocycles. The van der Waals surface area contributed by atoms with Gasteiger partial charge in [0.05, 0.1) is 0 Å². The number of phenolic OH excluding ortho intramolecular Hbond substituents is 1. The number of benzene rings is 1. The predicted molar refractivity (Wildman–Crippen MR) is 75.0 cm³/mol. The highest BCUT2D eigenvalue weighted by atomic mass is 35.5. The maximum Gasteiger partial charge on any atom is 0.119 e. The van der Waals surface area contributed by atoms with Crippen molar-refractivity contribution in [2.45, 2.75) is 41.0 Å². The summed E-state index contributed by atoms with van der Waals surface area (Å²) >= 11 is 11.4.